The Morgan fingerprint density at radius 3 is 2.17 bits per heavy atom. The fourth-order valence-electron chi connectivity index (χ4n) is 4.25. The molecule has 2 heteroatoms. The Labute approximate surface area is 148 Å². The molecule has 2 aromatic rings. The highest BCUT2D eigenvalue weighted by Gasteiger charge is 2.41. The van der Waals surface area contributed by atoms with Crippen LogP contribution in [0.5, 0.6) is 0 Å². The van der Waals surface area contributed by atoms with Gasteiger partial charge in [0.2, 0.25) is 0 Å². The summed E-state index contributed by atoms with van der Waals surface area (Å²) in [6.07, 6.45) is 1.95. The molecule has 1 aromatic heterocycles. The van der Waals surface area contributed by atoms with Crippen LogP contribution in [0.3, 0.4) is 0 Å². The van der Waals surface area contributed by atoms with Crippen molar-refractivity contribution in [2.45, 2.75) is 64.7 Å². The second-order valence-corrected chi connectivity index (χ2v) is 13.2. The minimum Gasteiger partial charge on any atom is -0.330 e. The highest BCUT2D eigenvalue weighted by Crippen LogP contribution is 2.40. The van der Waals surface area contributed by atoms with E-state index >= 15 is 0 Å². The molecule has 0 saturated heterocycles. The summed E-state index contributed by atoms with van der Waals surface area (Å²) in [5.74, 6) is 3.60. The van der Waals surface area contributed by atoms with Gasteiger partial charge >= 0.3 is 0 Å². The molecule has 0 aliphatic heterocycles. The lowest BCUT2D eigenvalue weighted by Gasteiger charge is -2.38. The highest BCUT2D eigenvalue weighted by molar-refractivity contribution is 6.90. The lowest BCUT2D eigenvalue weighted by atomic mass is 10.2. The van der Waals surface area contributed by atoms with E-state index < -0.39 is 8.07 Å². The number of benzene rings is 1. The fraction of sp³-hybridized carbons (Fsp3) is 0.455. The van der Waals surface area contributed by atoms with Gasteiger partial charge in [0, 0.05) is 17.4 Å². The van der Waals surface area contributed by atoms with Crippen molar-refractivity contribution < 1.29 is 0 Å². The van der Waals surface area contributed by atoms with Gasteiger partial charge in [0.25, 0.3) is 0 Å². The molecule has 0 aliphatic rings. The van der Waals surface area contributed by atoms with Crippen molar-refractivity contribution in [3.8, 4) is 11.5 Å². The van der Waals surface area contributed by atoms with E-state index in [9.17, 15) is 0 Å². The van der Waals surface area contributed by atoms with E-state index in [4.69, 9.17) is 0 Å². The molecule has 0 N–H and O–H groups in total. The lowest BCUT2D eigenvalue weighted by molar-refractivity contribution is 0.837. The maximum atomic E-state index is 3.92. The number of rotatable bonds is 5. The quantitative estimate of drug-likeness (QED) is 0.338. The molecule has 0 atom stereocenters. The molecule has 1 heterocycles. The zero-order valence-electron chi connectivity index (χ0n) is 16.1. The molecule has 24 heavy (non-hydrogen) atoms. The molecule has 0 bridgehead atoms. The van der Waals surface area contributed by atoms with Crippen LogP contribution >= 0.6 is 0 Å². The summed E-state index contributed by atoms with van der Waals surface area (Å²) in [4.78, 5) is 0. The second-order valence-electron chi connectivity index (χ2n) is 7.63. The molecule has 0 radical (unpaired) electrons. The lowest BCUT2D eigenvalue weighted by Crippen LogP contribution is -2.43. The van der Waals surface area contributed by atoms with Crippen LogP contribution in [0.1, 0.15) is 47.2 Å². The van der Waals surface area contributed by atoms with Gasteiger partial charge in [0.15, 0.2) is 0 Å². The Bertz CT molecular complexity index is 746. The van der Waals surface area contributed by atoms with Gasteiger partial charge in [-0.15, -0.1) is 12.1 Å². The Morgan fingerprint density at radius 1 is 1.04 bits per heavy atom. The Balaban J connectivity index is 2.62. The van der Waals surface area contributed by atoms with Crippen molar-refractivity contribution in [1.29, 1.82) is 0 Å². The third-order valence-corrected chi connectivity index (χ3v) is 11.7. The van der Waals surface area contributed by atoms with Gasteiger partial charge in [-0.2, -0.15) is 0 Å². The first-order valence-corrected chi connectivity index (χ1v) is 11.3. The van der Waals surface area contributed by atoms with E-state index in [1.807, 2.05) is 6.08 Å². The third kappa shape index (κ3) is 3.23. The van der Waals surface area contributed by atoms with Gasteiger partial charge in [0.05, 0.1) is 5.69 Å². The number of fused-ring (bicyclic) bond motifs is 1. The first-order chi connectivity index (χ1) is 11.3. The molecule has 2 rings (SSSR count). The normalized spacial score (nSPS) is 12.0. The minimum absolute atomic E-state index is 0.655. The van der Waals surface area contributed by atoms with E-state index in [0.717, 1.165) is 12.2 Å². The average Bonchev–Trinajstić information content (AvgIpc) is 2.85. The Hall–Kier alpha value is -1.72. The monoisotopic (exact) mass is 337 g/mol. The summed E-state index contributed by atoms with van der Waals surface area (Å²) >= 11 is 0. The summed E-state index contributed by atoms with van der Waals surface area (Å²) in [6, 6.07) is 10.7. The first-order valence-electron chi connectivity index (χ1n) is 9.06. The number of aromatic nitrogens is 1. The number of hydrogen-bond donors (Lipinski definition) is 0. The van der Waals surface area contributed by atoms with Crippen molar-refractivity contribution in [3.05, 3.63) is 48.7 Å². The Morgan fingerprint density at radius 2 is 1.62 bits per heavy atom. The zero-order chi connectivity index (χ0) is 17.9. The molecule has 0 saturated carbocycles. The van der Waals surface area contributed by atoms with Crippen molar-refractivity contribution >= 4 is 19.0 Å². The number of allylic oxidation sites excluding steroid dienone is 1. The molecule has 0 spiro atoms. The molecular formula is C22H31NSi. The molecule has 0 amide bonds. The smallest absolute Gasteiger partial charge is 0.146 e. The standard InChI is InChI=1S/C22H31NSi/c1-8-14-23-21(16-20-11-9-10-12-22(20)23)13-15-24(17(2)3,18(4)5)19(6)7/h8-12,16-19H,1,14H2,2-7H3. The fourth-order valence-corrected chi connectivity index (χ4v) is 9.46. The Kier molecular flexibility index (Phi) is 5.77. The van der Waals surface area contributed by atoms with Crippen LogP contribution in [0, 0.1) is 11.5 Å². The largest absolute Gasteiger partial charge is 0.330 e. The number of hydrogen-bond acceptors (Lipinski definition) is 0. The average molecular weight is 338 g/mol. The van der Waals surface area contributed by atoms with Crippen LogP contribution in [-0.4, -0.2) is 12.6 Å². The van der Waals surface area contributed by atoms with Crippen LogP contribution in [0.15, 0.2) is 43.0 Å². The minimum atomic E-state index is -1.71. The predicted octanol–water partition coefficient (Wildman–Crippen LogP) is 6.40. The van der Waals surface area contributed by atoms with Gasteiger partial charge < -0.3 is 4.57 Å². The van der Waals surface area contributed by atoms with E-state index in [1.54, 1.807) is 0 Å². The molecule has 128 valence electrons. The molecule has 1 aromatic carbocycles. The van der Waals surface area contributed by atoms with Crippen molar-refractivity contribution in [1.82, 2.24) is 4.57 Å². The van der Waals surface area contributed by atoms with Gasteiger partial charge in [-0.25, -0.2) is 0 Å². The predicted molar refractivity (Wildman–Crippen MR) is 110 cm³/mol. The molecule has 0 fully saturated rings. The van der Waals surface area contributed by atoms with Gasteiger partial charge in [-0.3, -0.25) is 0 Å². The second kappa shape index (κ2) is 7.45. The molecular weight excluding hydrogens is 306 g/mol. The number of para-hydroxylation sites is 1. The third-order valence-electron chi connectivity index (χ3n) is 5.40. The van der Waals surface area contributed by atoms with Crippen LogP contribution in [0.2, 0.25) is 16.6 Å². The van der Waals surface area contributed by atoms with Gasteiger partial charge in [-0.05, 0) is 28.8 Å². The summed E-state index contributed by atoms with van der Waals surface area (Å²) in [5.41, 5.74) is 8.17. The van der Waals surface area contributed by atoms with Crippen LogP contribution in [0.25, 0.3) is 10.9 Å². The van der Waals surface area contributed by atoms with Gasteiger partial charge in [0.1, 0.15) is 8.07 Å². The summed E-state index contributed by atoms with van der Waals surface area (Å²) < 4.78 is 2.29. The zero-order valence-corrected chi connectivity index (χ0v) is 17.1. The SMILES string of the molecule is C=CCn1c(C#C[Si](C(C)C)(C(C)C)C(C)C)cc2ccccc21. The van der Waals surface area contributed by atoms with E-state index in [1.165, 1.54) is 10.9 Å². The van der Waals surface area contributed by atoms with Crippen molar-refractivity contribution in [2.24, 2.45) is 0 Å². The number of nitrogens with zero attached hydrogens (tertiary/aromatic N) is 1. The van der Waals surface area contributed by atoms with Crippen molar-refractivity contribution in [2.75, 3.05) is 0 Å². The van der Waals surface area contributed by atoms with E-state index in [0.29, 0.717) is 16.6 Å². The van der Waals surface area contributed by atoms with Crippen LogP contribution in [0.4, 0.5) is 0 Å². The van der Waals surface area contributed by atoms with Crippen LogP contribution in [-0.2, 0) is 6.54 Å². The summed E-state index contributed by atoms with van der Waals surface area (Å²) in [7, 11) is -1.71. The molecule has 0 aliphatic carbocycles. The summed E-state index contributed by atoms with van der Waals surface area (Å²) in [5, 5.41) is 1.26. The van der Waals surface area contributed by atoms with Crippen LogP contribution < -0.4 is 0 Å². The topological polar surface area (TPSA) is 4.93 Å². The maximum absolute atomic E-state index is 3.92. The van der Waals surface area contributed by atoms with E-state index in [-0.39, 0.29) is 0 Å². The summed E-state index contributed by atoms with van der Waals surface area (Å²) in [6.45, 7) is 18.9. The first kappa shape index (κ1) is 18.6. The van der Waals surface area contributed by atoms with Gasteiger partial charge in [-0.1, -0.05) is 71.7 Å². The highest BCUT2D eigenvalue weighted by atomic mass is 28.3. The molecule has 0 unspecified atom stereocenters. The maximum Gasteiger partial charge on any atom is 0.146 e. The van der Waals surface area contributed by atoms with Crippen molar-refractivity contribution in [3.63, 3.8) is 0 Å². The van der Waals surface area contributed by atoms with E-state index in [2.05, 4.69) is 94.5 Å². The molecule has 1 nitrogen and oxygen atoms in total.